The van der Waals surface area contributed by atoms with Crippen molar-refractivity contribution in [2.45, 2.75) is 25.8 Å². The van der Waals surface area contributed by atoms with Gasteiger partial charge in [0.25, 0.3) is 0 Å². The van der Waals surface area contributed by atoms with Crippen LogP contribution >= 0.6 is 0 Å². The number of hydrogen-bond acceptors (Lipinski definition) is 2. The molecule has 0 aromatic carbocycles. The summed E-state index contributed by atoms with van der Waals surface area (Å²) in [7, 11) is 0. The summed E-state index contributed by atoms with van der Waals surface area (Å²) in [6.07, 6.45) is 3.51. The van der Waals surface area contributed by atoms with E-state index >= 15 is 0 Å². The van der Waals surface area contributed by atoms with Gasteiger partial charge >= 0.3 is 0 Å². The number of nitrogens with one attached hydrogen (secondary N) is 1. The summed E-state index contributed by atoms with van der Waals surface area (Å²) < 4.78 is 5.25. The quantitative estimate of drug-likeness (QED) is 0.595. The van der Waals surface area contributed by atoms with Crippen molar-refractivity contribution in [2.24, 2.45) is 5.92 Å². The first-order chi connectivity index (χ1) is 5.72. The Morgan fingerprint density at radius 3 is 2.75 bits per heavy atom. The molecule has 2 rings (SSSR count). The molecule has 2 aliphatic rings. The van der Waals surface area contributed by atoms with Crippen LogP contribution in [0.3, 0.4) is 0 Å². The largest absolute Gasteiger partial charge is 0.377 e. The molecule has 0 saturated carbocycles. The Balaban J connectivity index is 2.04. The number of hydrogen-bond donors (Lipinski definition) is 1. The molecule has 2 nitrogen and oxygen atoms in total. The van der Waals surface area contributed by atoms with Crippen molar-refractivity contribution in [3.8, 4) is 0 Å². The highest BCUT2D eigenvalue weighted by Crippen LogP contribution is 2.30. The average Bonchev–Trinajstić information content (AvgIpc) is 2.02. The molecule has 2 heterocycles. The van der Waals surface area contributed by atoms with E-state index < -0.39 is 0 Å². The van der Waals surface area contributed by atoms with Gasteiger partial charge in [0, 0.05) is 6.54 Å². The monoisotopic (exact) mass is 167 g/mol. The third-order valence-electron chi connectivity index (χ3n) is 2.88. The Labute approximate surface area is 74.0 Å². The molecule has 12 heavy (non-hydrogen) atoms. The van der Waals surface area contributed by atoms with Crippen molar-refractivity contribution in [3.63, 3.8) is 0 Å². The van der Waals surface area contributed by atoms with E-state index in [1.807, 2.05) is 0 Å². The van der Waals surface area contributed by atoms with Crippen LogP contribution < -0.4 is 5.32 Å². The lowest BCUT2D eigenvalue weighted by Gasteiger charge is -2.45. The van der Waals surface area contributed by atoms with Gasteiger partial charge < -0.3 is 10.1 Å². The molecule has 2 heteroatoms. The van der Waals surface area contributed by atoms with Crippen LogP contribution in [0.25, 0.3) is 0 Å². The minimum absolute atomic E-state index is 0.314. The zero-order valence-electron chi connectivity index (χ0n) is 7.89. The molecule has 0 aliphatic carbocycles. The minimum Gasteiger partial charge on any atom is -0.377 e. The summed E-state index contributed by atoms with van der Waals surface area (Å²) in [4.78, 5) is 0. The Hall–Kier alpha value is -0.340. The van der Waals surface area contributed by atoms with E-state index in [9.17, 15) is 0 Å². The molecule has 0 amide bonds. The van der Waals surface area contributed by atoms with Crippen molar-refractivity contribution in [3.05, 3.63) is 11.6 Å². The normalized spacial score (nSPS) is 27.1. The Morgan fingerprint density at radius 2 is 2.25 bits per heavy atom. The first-order valence-corrected chi connectivity index (χ1v) is 4.74. The van der Waals surface area contributed by atoms with Crippen LogP contribution in [0.15, 0.2) is 11.6 Å². The third-order valence-corrected chi connectivity index (χ3v) is 2.88. The summed E-state index contributed by atoms with van der Waals surface area (Å²) in [5, 5.41) is 3.52. The molecule has 0 aromatic rings. The Kier molecular flexibility index (Phi) is 1.97. The van der Waals surface area contributed by atoms with Gasteiger partial charge in [-0.3, -0.25) is 0 Å². The molecular weight excluding hydrogens is 150 g/mol. The van der Waals surface area contributed by atoms with Crippen molar-refractivity contribution in [1.29, 1.82) is 0 Å². The van der Waals surface area contributed by atoms with Gasteiger partial charge in [0.15, 0.2) is 0 Å². The molecule has 2 aliphatic heterocycles. The van der Waals surface area contributed by atoms with E-state index in [1.54, 1.807) is 5.57 Å². The maximum atomic E-state index is 5.25. The molecule has 0 bridgehead atoms. The summed E-state index contributed by atoms with van der Waals surface area (Å²) in [5.74, 6) is 0.699. The highest BCUT2D eigenvalue weighted by atomic mass is 16.5. The first-order valence-electron chi connectivity index (χ1n) is 4.74. The van der Waals surface area contributed by atoms with Gasteiger partial charge in [-0.15, -0.1) is 0 Å². The average molecular weight is 167 g/mol. The molecule has 1 N–H and O–H groups in total. The molecule has 68 valence electrons. The van der Waals surface area contributed by atoms with Crippen molar-refractivity contribution < 1.29 is 4.74 Å². The lowest BCUT2D eigenvalue weighted by atomic mass is 9.82. The van der Waals surface area contributed by atoms with E-state index in [4.69, 9.17) is 4.74 Å². The lowest BCUT2D eigenvalue weighted by Crippen LogP contribution is -2.62. The number of ether oxygens (including phenoxy) is 1. The maximum Gasteiger partial charge on any atom is 0.0693 e. The molecule has 1 spiro atoms. The topological polar surface area (TPSA) is 21.3 Å². The van der Waals surface area contributed by atoms with Crippen LogP contribution in [0.5, 0.6) is 0 Å². The van der Waals surface area contributed by atoms with E-state index in [1.165, 1.54) is 6.42 Å². The predicted molar refractivity (Wildman–Crippen MR) is 49.1 cm³/mol. The highest BCUT2D eigenvalue weighted by Gasteiger charge is 2.40. The van der Waals surface area contributed by atoms with E-state index in [-0.39, 0.29) is 0 Å². The van der Waals surface area contributed by atoms with Crippen LogP contribution in [-0.2, 0) is 4.74 Å². The molecule has 1 fully saturated rings. The first kappa shape index (κ1) is 8.27. The van der Waals surface area contributed by atoms with Gasteiger partial charge in [-0.2, -0.15) is 0 Å². The van der Waals surface area contributed by atoms with Gasteiger partial charge in [0.2, 0.25) is 0 Å². The zero-order valence-corrected chi connectivity index (χ0v) is 7.89. The molecular formula is C10H17NO. The second kappa shape index (κ2) is 2.86. The third kappa shape index (κ3) is 1.29. The Morgan fingerprint density at radius 1 is 1.50 bits per heavy atom. The van der Waals surface area contributed by atoms with E-state index in [0.29, 0.717) is 11.5 Å². The van der Waals surface area contributed by atoms with Crippen molar-refractivity contribution >= 4 is 0 Å². The summed E-state index contributed by atoms with van der Waals surface area (Å²) in [6.45, 7) is 7.36. The van der Waals surface area contributed by atoms with Crippen LogP contribution in [0.2, 0.25) is 0 Å². The second-order valence-corrected chi connectivity index (χ2v) is 4.26. The number of rotatable bonds is 1. The Bertz CT molecular complexity index is 204. The highest BCUT2D eigenvalue weighted by molar-refractivity contribution is 5.18. The second-order valence-electron chi connectivity index (χ2n) is 4.26. The molecule has 0 atom stereocenters. The fourth-order valence-corrected chi connectivity index (χ4v) is 1.92. The van der Waals surface area contributed by atoms with Crippen LogP contribution in [0, 0.1) is 5.92 Å². The van der Waals surface area contributed by atoms with Crippen LogP contribution in [0.1, 0.15) is 20.3 Å². The minimum atomic E-state index is 0.314. The maximum absolute atomic E-state index is 5.25. The van der Waals surface area contributed by atoms with Crippen LogP contribution in [0.4, 0.5) is 0 Å². The van der Waals surface area contributed by atoms with Gasteiger partial charge in [0.1, 0.15) is 0 Å². The molecule has 0 radical (unpaired) electrons. The van der Waals surface area contributed by atoms with Crippen molar-refractivity contribution in [2.75, 3.05) is 19.8 Å². The van der Waals surface area contributed by atoms with Crippen LogP contribution in [-0.4, -0.2) is 25.3 Å². The predicted octanol–water partition coefficient (Wildman–Crippen LogP) is 1.33. The summed E-state index contributed by atoms with van der Waals surface area (Å²) in [5.41, 5.74) is 1.91. The van der Waals surface area contributed by atoms with E-state index in [2.05, 4.69) is 25.2 Å². The van der Waals surface area contributed by atoms with Gasteiger partial charge in [-0.25, -0.2) is 0 Å². The lowest BCUT2D eigenvalue weighted by molar-refractivity contribution is -0.0752. The SMILES string of the molecule is CC(C)C1=CCNC2(COC2)C1. The smallest absolute Gasteiger partial charge is 0.0693 e. The van der Waals surface area contributed by atoms with Gasteiger partial charge in [-0.05, 0) is 12.3 Å². The fraction of sp³-hybridized carbons (Fsp3) is 0.800. The van der Waals surface area contributed by atoms with E-state index in [0.717, 1.165) is 19.8 Å². The standard InChI is InChI=1S/C10H17NO/c1-8(2)9-3-4-11-10(5-9)6-12-7-10/h3,8,11H,4-7H2,1-2H3. The molecule has 0 unspecified atom stereocenters. The zero-order chi connectivity index (χ0) is 8.60. The molecule has 1 saturated heterocycles. The summed E-state index contributed by atoms with van der Waals surface area (Å²) >= 11 is 0. The molecule has 0 aromatic heterocycles. The fourth-order valence-electron chi connectivity index (χ4n) is 1.92. The van der Waals surface area contributed by atoms with Crippen molar-refractivity contribution in [1.82, 2.24) is 5.32 Å². The van der Waals surface area contributed by atoms with Gasteiger partial charge in [-0.1, -0.05) is 25.5 Å². The van der Waals surface area contributed by atoms with Gasteiger partial charge in [0.05, 0.1) is 18.8 Å². The summed E-state index contributed by atoms with van der Waals surface area (Å²) in [6, 6.07) is 0.